The van der Waals surface area contributed by atoms with Gasteiger partial charge in [0.2, 0.25) is 0 Å². The maximum absolute atomic E-state index is 13.8. The molecule has 3 aromatic rings. The normalized spacial score (nSPS) is 10.4. The first-order valence-corrected chi connectivity index (χ1v) is 9.76. The lowest BCUT2D eigenvalue weighted by Gasteiger charge is -1.98. The Kier molecular flexibility index (Phi) is 5.72. The van der Waals surface area contributed by atoms with Crippen LogP contribution in [-0.4, -0.2) is 5.16 Å². The molecule has 126 valence electrons. The Balaban J connectivity index is 1.84. The van der Waals surface area contributed by atoms with Crippen molar-refractivity contribution < 1.29 is 8.78 Å². The molecule has 0 aliphatic rings. The van der Waals surface area contributed by atoms with Crippen molar-refractivity contribution in [2.24, 2.45) is 4.99 Å². The van der Waals surface area contributed by atoms with E-state index in [9.17, 15) is 8.78 Å². The van der Waals surface area contributed by atoms with Crippen LogP contribution in [0.1, 0.15) is 35.1 Å². The highest BCUT2D eigenvalue weighted by atomic mass is 32.1. The average Bonchev–Trinajstić information content (AvgIpc) is 3.12. The van der Waals surface area contributed by atoms with E-state index in [1.165, 1.54) is 27.1 Å². The van der Waals surface area contributed by atoms with Gasteiger partial charge in [0.25, 0.3) is 0 Å². The number of thiophene rings is 2. The van der Waals surface area contributed by atoms with Gasteiger partial charge < -0.3 is 0 Å². The summed E-state index contributed by atoms with van der Waals surface area (Å²) in [6.45, 7) is 2.18. The van der Waals surface area contributed by atoms with Crippen molar-refractivity contribution in [2.75, 3.05) is 0 Å². The van der Waals surface area contributed by atoms with Crippen LogP contribution < -0.4 is 0 Å². The van der Waals surface area contributed by atoms with Crippen molar-refractivity contribution in [2.45, 2.75) is 26.2 Å². The Bertz CT molecular complexity index is 976. The summed E-state index contributed by atoms with van der Waals surface area (Å²) >= 11 is 7.76. The number of aliphatic imine (C=N–C) groups is 1. The molecule has 6 heteroatoms. The summed E-state index contributed by atoms with van der Waals surface area (Å²) in [6.07, 6.45) is 3.49. The van der Waals surface area contributed by atoms with Crippen LogP contribution in [0.15, 0.2) is 29.3 Å². The Morgan fingerprint density at radius 1 is 1.04 bits per heavy atom. The van der Waals surface area contributed by atoms with Gasteiger partial charge in [0.05, 0.1) is 10.0 Å². The van der Waals surface area contributed by atoms with E-state index in [1.807, 2.05) is 11.2 Å². The van der Waals surface area contributed by atoms with Gasteiger partial charge in [-0.05, 0) is 49.3 Å². The average molecular weight is 390 g/mol. The van der Waals surface area contributed by atoms with E-state index in [-0.39, 0.29) is 5.56 Å². The first-order valence-electron chi connectivity index (χ1n) is 7.72. The molecule has 0 aliphatic heterocycles. The number of rotatable bonds is 4. The first kappa shape index (κ1) is 17.9. The summed E-state index contributed by atoms with van der Waals surface area (Å²) in [7, 11) is 0. The van der Waals surface area contributed by atoms with Crippen LogP contribution in [0.4, 0.5) is 14.5 Å². The standard InChI is InChI=1S/C19H13F2NS3/c1-2-3-4-13-9-17-18(24-13)10-14(25-17)6-5-12-7-15(20)19(22-11-23)16(21)8-12/h7-10H,2-4H2,1H3. The quantitative estimate of drug-likeness (QED) is 0.274. The Morgan fingerprint density at radius 3 is 2.40 bits per heavy atom. The molecule has 0 spiro atoms. The summed E-state index contributed by atoms with van der Waals surface area (Å²) < 4.78 is 30.0. The maximum Gasteiger partial charge on any atom is 0.153 e. The van der Waals surface area contributed by atoms with E-state index in [2.05, 4.69) is 42.0 Å². The van der Waals surface area contributed by atoms with Crippen LogP contribution in [-0.2, 0) is 6.42 Å². The number of thiocarbonyl (C=S) groups is 1. The molecular formula is C19H13F2NS3. The zero-order valence-electron chi connectivity index (χ0n) is 13.4. The molecular weight excluding hydrogens is 376 g/mol. The Hall–Kier alpha value is -1.90. The third-order valence-corrected chi connectivity index (χ3v) is 5.90. The number of benzene rings is 1. The number of nitrogens with zero attached hydrogens (tertiary/aromatic N) is 1. The molecule has 3 rings (SSSR count). The molecule has 0 radical (unpaired) electrons. The van der Waals surface area contributed by atoms with Gasteiger partial charge in [-0.3, -0.25) is 0 Å². The van der Waals surface area contributed by atoms with Crippen molar-refractivity contribution in [3.8, 4) is 11.8 Å². The first-order chi connectivity index (χ1) is 12.1. The predicted molar refractivity (Wildman–Crippen MR) is 105 cm³/mol. The van der Waals surface area contributed by atoms with Crippen LogP contribution in [0, 0.1) is 23.5 Å². The molecule has 1 aromatic carbocycles. The fourth-order valence-electron chi connectivity index (χ4n) is 2.35. The molecule has 2 aromatic heterocycles. The minimum absolute atomic E-state index is 0.263. The highest BCUT2D eigenvalue weighted by molar-refractivity contribution is 7.78. The second kappa shape index (κ2) is 7.99. The highest BCUT2D eigenvalue weighted by Gasteiger charge is 2.09. The van der Waals surface area contributed by atoms with Gasteiger partial charge in [0.1, 0.15) is 5.69 Å². The van der Waals surface area contributed by atoms with Gasteiger partial charge in [0, 0.05) is 19.8 Å². The second-order valence-electron chi connectivity index (χ2n) is 5.40. The molecule has 25 heavy (non-hydrogen) atoms. The molecule has 0 unspecified atom stereocenters. The number of fused-ring (bicyclic) bond motifs is 1. The number of hydrogen-bond donors (Lipinski definition) is 0. The van der Waals surface area contributed by atoms with Gasteiger partial charge in [-0.15, -0.1) is 22.7 Å². The fraction of sp³-hybridized carbons (Fsp3) is 0.211. The molecule has 0 bridgehead atoms. The third-order valence-electron chi connectivity index (χ3n) is 3.54. The van der Waals surface area contributed by atoms with Crippen LogP contribution in [0.2, 0.25) is 0 Å². The third kappa shape index (κ3) is 4.20. The van der Waals surface area contributed by atoms with E-state index in [0.29, 0.717) is 0 Å². The Morgan fingerprint density at radius 2 is 1.76 bits per heavy atom. The zero-order chi connectivity index (χ0) is 17.8. The SMILES string of the molecule is CCCCc1cc2sc(C#Cc3cc(F)c(N=C=S)c(F)c3)cc2s1. The molecule has 0 atom stereocenters. The number of isothiocyanates is 1. The van der Waals surface area contributed by atoms with Crippen LogP contribution in [0.25, 0.3) is 9.40 Å². The van der Waals surface area contributed by atoms with Crippen molar-refractivity contribution in [3.05, 3.63) is 51.2 Å². The van der Waals surface area contributed by atoms with Crippen molar-refractivity contribution in [1.82, 2.24) is 0 Å². The monoisotopic (exact) mass is 389 g/mol. The van der Waals surface area contributed by atoms with Crippen molar-refractivity contribution in [1.29, 1.82) is 0 Å². The van der Waals surface area contributed by atoms with Gasteiger partial charge >= 0.3 is 0 Å². The fourth-order valence-corrected chi connectivity index (χ4v) is 4.75. The lowest BCUT2D eigenvalue weighted by atomic mass is 10.2. The largest absolute Gasteiger partial charge is 0.204 e. The molecule has 2 heterocycles. The summed E-state index contributed by atoms with van der Waals surface area (Å²) in [5.41, 5.74) is -0.171. The second-order valence-corrected chi connectivity index (χ2v) is 7.83. The van der Waals surface area contributed by atoms with Crippen molar-refractivity contribution in [3.63, 3.8) is 0 Å². The molecule has 0 amide bonds. The van der Waals surface area contributed by atoms with E-state index in [1.54, 1.807) is 22.7 Å². The predicted octanol–water partition coefficient (Wildman–Crippen LogP) is 6.72. The minimum atomic E-state index is -0.797. The Labute approximate surface area is 158 Å². The number of hydrogen-bond acceptors (Lipinski definition) is 4. The number of unbranched alkanes of at least 4 members (excludes halogenated alkanes) is 1. The molecule has 0 N–H and O–H groups in total. The highest BCUT2D eigenvalue weighted by Crippen LogP contribution is 2.33. The smallest absolute Gasteiger partial charge is 0.153 e. The summed E-state index contributed by atoms with van der Waals surface area (Å²) in [5.74, 6) is 4.19. The van der Waals surface area contributed by atoms with Crippen molar-refractivity contribution >= 4 is 55.1 Å². The van der Waals surface area contributed by atoms with Crippen LogP contribution in [0.5, 0.6) is 0 Å². The molecule has 0 saturated carbocycles. The molecule has 0 aliphatic carbocycles. The molecule has 0 fully saturated rings. The minimum Gasteiger partial charge on any atom is -0.204 e. The van der Waals surface area contributed by atoms with E-state index >= 15 is 0 Å². The van der Waals surface area contributed by atoms with Crippen LogP contribution >= 0.6 is 34.9 Å². The lowest BCUT2D eigenvalue weighted by Crippen LogP contribution is -1.86. The van der Waals surface area contributed by atoms with E-state index < -0.39 is 17.3 Å². The summed E-state index contributed by atoms with van der Waals surface area (Å²) in [5, 5.41) is 1.97. The van der Waals surface area contributed by atoms with Gasteiger partial charge in [-0.2, -0.15) is 4.99 Å². The summed E-state index contributed by atoms with van der Waals surface area (Å²) in [6, 6.07) is 6.55. The maximum atomic E-state index is 13.8. The lowest BCUT2D eigenvalue weighted by molar-refractivity contribution is 0.587. The molecule has 1 nitrogen and oxygen atoms in total. The van der Waals surface area contributed by atoms with E-state index in [0.717, 1.165) is 23.4 Å². The topological polar surface area (TPSA) is 12.4 Å². The van der Waals surface area contributed by atoms with Crippen LogP contribution in [0.3, 0.4) is 0 Å². The van der Waals surface area contributed by atoms with E-state index in [4.69, 9.17) is 0 Å². The van der Waals surface area contributed by atoms with Gasteiger partial charge in [0.15, 0.2) is 11.6 Å². The van der Waals surface area contributed by atoms with Gasteiger partial charge in [-0.1, -0.05) is 25.2 Å². The zero-order valence-corrected chi connectivity index (χ0v) is 15.8. The number of halogens is 2. The number of aryl methyl sites for hydroxylation is 1. The summed E-state index contributed by atoms with van der Waals surface area (Å²) in [4.78, 5) is 5.66. The van der Waals surface area contributed by atoms with Gasteiger partial charge in [-0.25, -0.2) is 8.78 Å². The molecule has 0 saturated heterocycles.